The zero-order valence-electron chi connectivity index (χ0n) is 12.7. The Balaban J connectivity index is 2.14. The van der Waals surface area contributed by atoms with E-state index in [0.717, 1.165) is 11.3 Å². The number of sulfone groups is 1. The van der Waals surface area contributed by atoms with Gasteiger partial charge in [-0.15, -0.1) is 0 Å². The fraction of sp³-hybridized carbons (Fsp3) is 0.600. The van der Waals surface area contributed by atoms with Crippen molar-refractivity contribution in [1.29, 1.82) is 0 Å². The Morgan fingerprint density at radius 3 is 2.67 bits per heavy atom. The normalized spacial score (nSPS) is 22.2. The average Bonchev–Trinajstić information content (AvgIpc) is 2.77. The van der Waals surface area contributed by atoms with Gasteiger partial charge in [0, 0.05) is 6.20 Å². The summed E-state index contributed by atoms with van der Waals surface area (Å²) in [6, 6.07) is 3.63. The Bertz CT molecular complexity index is 626. The summed E-state index contributed by atoms with van der Waals surface area (Å²) in [5, 5.41) is 2.99. The molecule has 0 unspecified atom stereocenters. The second-order valence-electron chi connectivity index (χ2n) is 6.04. The monoisotopic (exact) mass is 310 g/mol. The molecule has 1 amide bonds. The minimum absolute atomic E-state index is 0.0369. The van der Waals surface area contributed by atoms with Crippen LogP contribution in [0.1, 0.15) is 37.6 Å². The van der Waals surface area contributed by atoms with Gasteiger partial charge in [0.2, 0.25) is 5.91 Å². The van der Waals surface area contributed by atoms with Gasteiger partial charge in [0.1, 0.15) is 0 Å². The van der Waals surface area contributed by atoms with Crippen LogP contribution in [-0.4, -0.2) is 30.8 Å². The number of aromatic nitrogens is 1. The molecule has 1 fully saturated rings. The molecule has 1 saturated heterocycles. The highest BCUT2D eigenvalue weighted by Crippen LogP contribution is 2.25. The number of amides is 1. The van der Waals surface area contributed by atoms with Crippen LogP contribution in [0.3, 0.4) is 0 Å². The molecule has 1 aliphatic heterocycles. The highest BCUT2D eigenvalue weighted by atomic mass is 32.2. The molecule has 0 aromatic carbocycles. The average molecular weight is 310 g/mol. The predicted octanol–water partition coefficient (Wildman–Crippen LogP) is 1.64. The molecule has 1 aromatic rings. The van der Waals surface area contributed by atoms with Crippen LogP contribution in [0.25, 0.3) is 0 Å². The summed E-state index contributed by atoms with van der Waals surface area (Å²) in [4.78, 5) is 16.7. The van der Waals surface area contributed by atoms with E-state index in [9.17, 15) is 13.2 Å². The lowest BCUT2D eigenvalue weighted by Gasteiger charge is -2.24. The van der Waals surface area contributed by atoms with Gasteiger partial charge in [-0.25, -0.2) is 8.42 Å². The zero-order valence-corrected chi connectivity index (χ0v) is 13.5. The van der Waals surface area contributed by atoms with Gasteiger partial charge in [0.25, 0.3) is 0 Å². The summed E-state index contributed by atoms with van der Waals surface area (Å²) < 4.78 is 23.0. The molecule has 1 N–H and O–H groups in total. The first-order valence-electron chi connectivity index (χ1n) is 7.22. The van der Waals surface area contributed by atoms with Crippen LogP contribution in [0.4, 0.5) is 0 Å². The first kappa shape index (κ1) is 15.9. The minimum Gasteiger partial charge on any atom is -0.347 e. The zero-order chi connectivity index (χ0) is 15.6. The number of nitrogens with one attached hydrogen (secondary N) is 1. The lowest BCUT2D eigenvalue weighted by atomic mass is 9.96. The molecule has 6 heteroatoms. The standard InChI is InChI=1S/C15H22N2O3S/c1-10(2)13(14-11(3)5-4-7-16-14)17-15(18)12-6-8-21(19,20)9-12/h4-5,7,10,12-13H,6,8-9H2,1-3H3,(H,17,18)/t12-,13+/m1/s1. The van der Waals surface area contributed by atoms with Crippen molar-refractivity contribution in [2.45, 2.75) is 33.2 Å². The van der Waals surface area contributed by atoms with Crippen molar-refractivity contribution in [2.75, 3.05) is 11.5 Å². The van der Waals surface area contributed by atoms with Gasteiger partial charge in [-0.3, -0.25) is 9.78 Å². The van der Waals surface area contributed by atoms with E-state index in [0.29, 0.717) is 6.42 Å². The molecule has 1 aromatic heterocycles. The van der Waals surface area contributed by atoms with Gasteiger partial charge in [-0.05, 0) is 30.9 Å². The topological polar surface area (TPSA) is 76.1 Å². The lowest BCUT2D eigenvalue weighted by molar-refractivity contribution is -0.125. The molecule has 0 bridgehead atoms. The molecule has 0 aliphatic carbocycles. The maximum Gasteiger partial charge on any atom is 0.224 e. The Hall–Kier alpha value is -1.43. The van der Waals surface area contributed by atoms with Crippen LogP contribution in [0.5, 0.6) is 0 Å². The second kappa shape index (κ2) is 6.13. The summed E-state index contributed by atoms with van der Waals surface area (Å²) in [7, 11) is -3.05. The Morgan fingerprint density at radius 2 is 2.14 bits per heavy atom. The fourth-order valence-corrected chi connectivity index (χ4v) is 4.39. The highest BCUT2D eigenvalue weighted by Gasteiger charge is 2.34. The summed E-state index contributed by atoms with van der Waals surface area (Å²) in [6.07, 6.45) is 2.13. The van der Waals surface area contributed by atoms with Gasteiger partial charge in [-0.2, -0.15) is 0 Å². The van der Waals surface area contributed by atoms with E-state index in [1.165, 1.54) is 0 Å². The number of hydrogen-bond donors (Lipinski definition) is 1. The third kappa shape index (κ3) is 3.81. The molecule has 21 heavy (non-hydrogen) atoms. The number of aryl methyl sites for hydroxylation is 1. The SMILES string of the molecule is Cc1cccnc1[C@@H](NC(=O)[C@@H]1CCS(=O)(=O)C1)C(C)C. The molecular formula is C15H22N2O3S. The van der Waals surface area contributed by atoms with Gasteiger partial charge in [-0.1, -0.05) is 19.9 Å². The van der Waals surface area contributed by atoms with Crippen molar-refractivity contribution in [3.05, 3.63) is 29.6 Å². The van der Waals surface area contributed by atoms with Crippen LogP contribution < -0.4 is 5.32 Å². The van der Waals surface area contributed by atoms with Gasteiger partial charge in [0.05, 0.1) is 29.2 Å². The van der Waals surface area contributed by atoms with Crippen LogP contribution >= 0.6 is 0 Å². The number of carbonyl (C=O) groups is 1. The van der Waals surface area contributed by atoms with E-state index in [2.05, 4.69) is 10.3 Å². The first-order valence-corrected chi connectivity index (χ1v) is 9.04. The predicted molar refractivity (Wildman–Crippen MR) is 81.5 cm³/mol. The van der Waals surface area contributed by atoms with Crippen molar-refractivity contribution in [1.82, 2.24) is 10.3 Å². The lowest BCUT2D eigenvalue weighted by Crippen LogP contribution is -2.37. The van der Waals surface area contributed by atoms with E-state index in [1.807, 2.05) is 32.9 Å². The van der Waals surface area contributed by atoms with Crippen molar-refractivity contribution in [3.63, 3.8) is 0 Å². The number of carbonyl (C=O) groups excluding carboxylic acids is 1. The van der Waals surface area contributed by atoms with Crippen molar-refractivity contribution in [2.24, 2.45) is 11.8 Å². The van der Waals surface area contributed by atoms with E-state index in [4.69, 9.17) is 0 Å². The maximum absolute atomic E-state index is 12.3. The van der Waals surface area contributed by atoms with E-state index in [1.54, 1.807) is 6.20 Å². The smallest absolute Gasteiger partial charge is 0.224 e. The van der Waals surface area contributed by atoms with E-state index < -0.39 is 15.8 Å². The third-order valence-corrected chi connectivity index (χ3v) is 5.68. The van der Waals surface area contributed by atoms with Crippen LogP contribution in [0.15, 0.2) is 18.3 Å². The molecule has 1 aliphatic rings. The summed E-state index contributed by atoms with van der Waals surface area (Å²) >= 11 is 0. The summed E-state index contributed by atoms with van der Waals surface area (Å²) in [6.45, 7) is 6.00. The molecule has 0 radical (unpaired) electrons. The molecular weight excluding hydrogens is 288 g/mol. The van der Waals surface area contributed by atoms with Gasteiger partial charge < -0.3 is 5.32 Å². The van der Waals surface area contributed by atoms with Gasteiger partial charge in [0.15, 0.2) is 9.84 Å². The molecule has 2 atom stereocenters. The summed E-state index contributed by atoms with van der Waals surface area (Å²) in [5.41, 5.74) is 1.87. The number of nitrogens with zero attached hydrogens (tertiary/aromatic N) is 1. The highest BCUT2D eigenvalue weighted by molar-refractivity contribution is 7.91. The van der Waals surface area contributed by atoms with E-state index in [-0.39, 0.29) is 29.4 Å². The number of rotatable bonds is 4. The Kier molecular flexibility index (Phi) is 4.66. The number of hydrogen-bond acceptors (Lipinski definition) is 4. The molecule has 0 spiro atoms. The quantitative estimate of drug-likeness (QED) is 0.917. The molecule has 2 heterocycles. The Labute approximate surface area is 126 Å². The molecule has 5 nitrogen and oxygen atoms in total. The molecule has 0 saturated carbocycles. The van der Waals surface area contributed by atoms with Crippen LogP contribution in [0.2, 0.25) is 0 Å². The summed E-state index contributed by atoms with van der Waals surface area (Å²) in [5.74, 6) is -0.356. The first-order chi connectivity index (χ1) is 9.80. The Morgan fingerprint density at radius 1 is 1.43 bits per heavy atom. The third-order valence-electron chi connectivity index (χ3n) is 3.91. The van der Waals surface area contributed by atoms with Crippen molar-refractivity contribution in [3.8, 4) is 0 Å². The van der Waals surface area contributed by atoms with Crippen molar-refractivity contribution < 1.29 is 13.2 Å². The fourth-order valence-electron chi connectivity index (χ4n) is 2.65. The van der Waals surface area contributed by atoms with Gasteiger partial charge >= 0.3 is 0 Å². The van der Waals surface area contributed by atoms with Crippen LogP contribution in [-0.2, 0) is 14.6 Å². The minimum atomic E-state index is -3.05. The largest absolute Gasteiger partial charge is 0.347 e. The maximum atomic E-state index is 12.3. The van der Waals surface area contributed by atoms with Crippen LogP contribution in [0, 0.1) is 18.8 Å². The molecule has 116 valence electrons. The van der Waals surface area contributed by atoms with E-state index >= 15 is 0 Å². The second-order valence-corrected chi connectivity index (χ2v) is 8.26. The molecule has 2 rings (SSSR count). The number of pyridine rings is 1. The van der Waals surface area contributed by atoms with Crippen molar-refractivity contribution >= 4 is 15.7 Å².